The maximum Gasteiger partial charge on any atom is 0.175 e. The molecule has 0 radical (unpaired) electrons. The second-order valence-corrected chi connectivity index (χ2v) is 7.63. The fourth-order valence-corrected chi connectivity index (χ4v) is 3.43. The number of benzene rings is 2. The molecule has 0 amide bonds. The van der Waals surface area contributed by atoms with Crippen LogP contribution >= 0.6 is 23.4 Å². The minimum absolute atomic E-state index is 0.261. The van der Waals surface area contributed by atoms with Crippen LogP contribution in [0.4, 0.5) is 0 Å². The first-order chi connectivity index (χ1) is 9.41. The van der Waals surface area contributed by atoms with Crippen LogP contribution in [0.2, 0.25) is 5.02 Å². The summed E-state index contributed by atoms with van der Waals surface area (Å²) >= 11 is 7.41. The molecule has 0 heterocycles. The van der Waals surface area contributed by atoms with E-state index in [2.05, 4.69) is 0 Å². The molecule has 0 aliphatic carbocycles. The van der Waals surface area contributed by atoms with Gasteiger partial charge in [-0.05, 0) is 30.3 Å². The van der Waals surface area contributed by atoms with E-state index in [1.807, 2.05) is 0 Å². The van der Waals surface area contributed by atoms with Gasteiger partial charge in [-0.1, -0.05) is 35.5 Å². The average molecular weight is 327 g/mol. The molecule has 0 aliphatic rings. The van der Waals surface area contributed by atoms with Crippen molar-refractivity contribution in [3.63, 3.8) is 0 Å². The molecule has 0 N–H and O–H groups in total. The molecule has 3 nitrogen and oxygen atoms in total. The lowest BCUT2D eigenvalue weighted by Gasteiger charge is -2.07. The van der Waals surface area contributed by atoms with Gasteiger partial charge in [-0.15, -0.1) is 0 Å². The van der Waals surface area contributed by atoms with Gasteiger partial charge < -0.3 is 0 Å². The maximum atomic E-state index is 11.4. The van der Waals surface area contributed by atoms with Crippen LogP contribution in [0.15, 0.2) is 57.2 Å². The van der Waals surface area contributed by atoms with Crippen molar-refractivity contribution >= 4 is 39.5 Å². The molecular weight excluding hydrogens is 316 g/mol. The minimum atomic E-state index is -3.20. The van der Waals surface area contributed by atoms with Crippen LogP contribution < -0.4 is 0 Å². The van der Waals surface area contributed by atoms with Crippen LogP contribution in [0.1, 0.15) is 10.4 Å². The monoisotopic (exact) mass is 326 g/mol. The van der Waals surface area contributed by atoms with Crippen LogP contribution in [-0.4, -0.2) is 21.0 Å². The Morgan fingerprint density at radius 1 is 1.10 bits per heavy atom. The second-order valence-electron chi connectivity index (χ2n) is 4.12. The van der Waals surface area contributed by atoms with Crippen molar-refractivity contribution in [3.8, 4) is 0 Å². The number of sulfone groups is 1. The van der Waals surface area contributed by atoms with Gasteiger partial charge in [0.05, 0.1) is 9.92 Å². The number of carbonyl (C=O) groups excluding carboxylic acids is 1. The third-order valence-corrected chi connectivity index (χ3v) is 5.32. The van der Waals surface area contributed by atoms with Gasteiger partial charge in [0.1, 0.15) is 0 Å². The van der Waals surface area contributed by atoms with Gasteiger partial charge in [0.2, 0.25) is 0 Å². The van der Waals surface area contributed by atoms with Crippen LogP contribution in [0.3, 0.4) is 0 Å². The molecule has 2 rings (SSSR count). The highest BCUT2D eigenvalue weighted by Crippen LogP contribution is 2.35. The summed E-state index contributed by atoms with van der Waals surface area (Å²) in [6.07, 6.45) is 1.91. The third-order valence-electron chi connectivity index (χ3n) is 2.60. The van der Waals surface area contributed by atoms with Gasteiger partial charge >= 0.3 is 0 Å². The highest BCUT2D eigenvalue weighted by Gasteiger charge is 2.10. The average Bonchev–Trinajstić information content (AvgIpc) is 2.40. The minimum Gasteiger partial charge on any atom is -0.298 e. The van der Waals surface area contributed by atoms with E-state index in [1.54, 1.807) is 30.3 Å². The van der Waals surface area contributed by atoms with Crippen LogP contribution in [-0.2, 0) is 9.84 Å². The van der Waals surface area contributed by atoms with Crippen molar-refractivity contribution in [2.45, 2.75) is 14.7 Å². The molecule has 6 heteroatoms. The molecule has 2 aromatic carbocycles. The Labute approximate surface area is 126 Å². The van der Waals surface area contributed by atoms with E-state index < -0.39 is 9.84 Å². The molecule has 104 valence electrons. The predicted octanol–water partition coefficient (Wildman–Crippen LogP) is 3.71. The lowest BCUT2D eigenvalue weighted by molar-refractivity contribution is 0.112. The highest BCUT2D eigenvalue weighted by molar-refractivity contribution is 7.99. The van der Waals surface area contributed by atoms with Crippen molar-refractivity contribution in [3.05, 3.63) is 53.1 Å². The number of hydrogen-bond acceptors (Lipinski definition) is 4. The summed E-state index contributed by atoms with van der Waals surface area (Å²) in [5.41, 5.74) is 0.509. The van der Waals surface area contributed by atoms with Crippen molar-refractivity contribution in [2.24, 2.45) is 0 Å². The number of aldehydes is 1. The molecular formula is C14H11ClO3S2. The summed E-state index contributed by atoms with van der Waals surface area (Å²) in [5, 5.41) is 0.492. The Morgan fingerprint density at radius 2 is 1.75 bits per heavy atom. The van der Waals surface area contributed by atoms with E-state index in [1.165, 1.54) is 23.9 Å². The van der Waals surface area contributed by atoms with Gasteiger partial charge in [-0.25, -0.2) is 8.42 Å². The maximum absolute atomic E-state index is 11.4. The van der Waals surface area contributed by atoms with Crippen LogP contribution in [0, 0.1) is 0 Å². The quantitative estimate of drug-likeness (QED) is 0.804. The van der Waals surface area contributed by atoms with Crippen molar-refractivity contribution < 1.29 is 13.2 Å². The molecule has 0 aromatic heterocycles. The Morgan fingerprint density at radius 3 is 2.30 bits per heavy atom. The van der Waals surface area contributed by atoms with Crippen LogP contribution in [0.5, 0.6) is 0 Å². The molecule has 0 atom stereocenters. The molecule has 0 fully saturated rings. The normalized spacial score (nSPS) is 11.3. The van der Waals surface area contributed by atoms with Crippen molar-refractivity contribution in [2.75, 3.05) is 6.26 Å². The first kappa shape index (κ1) is 15.1. The predicted molar refractivity (Wildman–Crippen MR) is 80.5 cm³/mol. The summed E-state index contributed by atoms with van der Waals surface area (Å²) < 4.78 is 22.8. The summed E-state index contributed by atoms with van der Waals surface area (Å²) in [4.78, 5) is 12.7. The van der Waals surface area contributed by atoms with Crippen LogP contribution in [0.25, 0.3) is 0 Å². The molecule has 0 saturated carbocycles. The number of rotatable bonds is 4. The fourth-order valence-electron chi connectivity index (χ4n) is 1.60. The molecule has 0 aliphatic heterocycles. The standard InChI is InChI=1S/C14H11ClO3S2/c1-20(17,18)12-7-5-11(6-8-12)19-14-10(9-16)3-2-4-13(14)15/h2-9H,1H3. The molecule has 0 bridgehead atoms. The summed E-state index contributed by atoms with van der Waals surface area (Å²) in [5.74, 6) is 0. The second kappa shape index (κ2) is 5.99. The zero-order valence-corrected chi connectivity index (χ0v) is 12.9. The Balaban J connectivity index is 2.34. The van der Waals surface area contributed by atoms with Gasteiger partial charge in [-0.2, -0.15) is 0 Å². The first-order valence-corrected chi connectivity index (χ1v) is 8.72. The zero-order valence-electron chi connectivity index (χ0n) is 10.5. The smallest absolute Gasteiger partial charge is 0.175 e. The Hall–Kier alpha value is -1.30. The molecule has 2 aromatic rings. The summed E-state index contributed by atoms with van der Waals surface area (Å²) in [6, 6.07) is 11.6. The van der Waals surface area contributed by atoms with E-state index in [0.717, 1.165) is 17.4 Å². The number of hydrogen-bond donors (Lipinski definition) is 0. The van der Waals surface area contributed by atoms with E-state index in [-0.39, 0.29) is 4.90 Å². The number of halogens is 1. The molecule has 20 heavy (non-hydrogen) atoms. The van der Waals surface area contributed by atoms with Crippen molar-refractivity contribution in [1.29, 1.82) is 0 Å². The van der Waals surface area contributed by atoms with E-state index in [9.17, 15) is 13.2 Å². The van der Waals surface area contributed by atoms with Crippen molar-refractivity contribution in [1.82, 2.24) is 0 Å². The Bertz CT molecular complexity index is 738. The Kier molecular flexibility index (Phi) is 4.52. The fraction of sp³-hybridized carbons (Fsp3) is 0.0714. The highest BCUT2D eigenvalue weighted by atomic mass is 35.5. The van der Waals surface area contributed by atoms with Gasteiger partial charge in [0.25, 0.3) is 0 Å². The zero-order chi connectivity index (χ0) is 14.8. The summed E-state index contributed by atoms with van der Waals surface area (Å²) in [7, 11) is -3.20. The molecule has 0 spiro atoms. The van der Waals surface area contributed by atoms with Gasteiger partial charge in [0, 0.05) is 21.6 Å². The van der Waals surface area contributed by atoms with E-state index in [0.29, 0.717) is 15.5 Å². The van der Waals surface area contributed by atoms with Gasteiger partial charge in [0.15, 0.2) is 16.1 Å². The lowest BCUT2D eigenvalue weighted by atomic mass is 10.2. The lowest BCUT2D eigenvalue weighted by Crippen LogP contribution is -1.96. The molecule has 0 unspecified atom stereocenters. The van der Waals surface area contributed by atoms with Gasteiger partial charge in [-0.3, -0.25) is 4.79 Å². The van der Waals surface area contributed by atoms with E-state index >= 15 is 0 Å². The molecule has 0 saturated heterocycles. The largest absolute Gasteiger partial charge is 0.298 e. The number of carbonyl (C=O) groups is 1. The SMILES string of the molecule is CS(=O)(=O)c1ccc(Sc2c(Cl)cccc2C=O)cc1. The van der Waals surface area contributed by atoms with E-state index in [4.69, 9.17) is 11.6 Å². The summed E-state index contributed by atoms with van der Waals surface area (Å²) in [6.45, 7) is 0. The first-order valence-electron chi connectivity index (χ1n) is 5.63. The topological polar surface area (TPSA) is 51.2 Å². The third kappa shape index (κ3) is 3.42.